The molecule has 5 nitrogen and oxygen atoms in total. The monoisotopic (exact) mass is 448 g/mol. The number of thioether (sulfide) groups is 1. The molecule has 1 aliphatic carbocycles. The Bertz CT molecular complexity index is 814. The highest BCUT2D eigenvalue weighted by molar-refractivity contribution is 8.03. The molecule has 1 aromatic carbocycles. The molecular formula is C23H32N2O3S2. The van der Waals surface area contributed by atoms with Crippen LogP contribution >= 0.6 is 24.6 Å². The molecule has 1 amide bonds. The van der Waals surface area contributed by atoms with Gasteiger partial charge in [0.25, 0.3) is 5.91 Å². The zero-order valence-electron chi connectivity index (χ0n) is 18.2. The number of rotatable bonds is 8. The van der Waals surface area contributed by atoms with Gasteiger partial charge in [-0.05, 0) is 60.3 Å². The Kier molecular flexibility index (Phi) is 10.5. The SMILES string of the molecule is C#C.Cc1cccc(CN(C)S)c1C(=O)NCSC1=C(CC(=O)O)CC(C)(C)CC1. The molecule has 0 heterocycles. The van der Waals surface area contributed by atoms with Gasteiger partial charge in [-0.2, -0.15) is 0 Å². The van der Waals surface area contributed by atoms with Crippen molar-refractivity contribution in [2.45, 2.75) is 53.0 Å². The zero-order chi connectivity index (χ0) is 22.9. The average Bonchev–Trinajstić information content (AvgIpc) is 2.64. The highest BCUT2D eigenvalue weighted by Crippen LogP contribution is 2.43. The van der Waals surface area contributed by atoms with Gasteiger partial charge in [-0.25, -0.2) is 0 Å². The van der Waals surface area contributed by atoms with Crippen LogP contribution in [0.4, 0.5) is 0 Å². The number of carboxylic acids is 1. The lowest BCUT2D eigenvalue weighted by Gasteiger charge is -2.32. The van der Waals surface area contributed by atoms with Crippen molar-refractivity contribution in [1.29, 1.82) is 0 Å². The van der Waals surface area contributed by atoms with Crippen molar-refractivity contribution in [2.75, 3.05) is 12.9 Å². The quantitative estimate of drug-likeness (QED) is 0.300. The van der Waals surface area contributed by atoms with Crippen molar-refractivity contribution in [1.82, 2.24) is 9.62 Å². The van der Waals surface area contributed by atoms with Crippen LogP contribution < -0.4 is 5.32 Å². The first kappa shape index (κ1) is 26.2. The number of terminal acetylenes is 1. The third-order valence-corrected chi connectivity index (χ3v) is 6.22. The minimum absolute atomic E-state index is 0.0793. The van der Waals surface area contributed by atoms with Gasteiger partial charge in [-0.15, -0.1) is 24.6 Å². The van der Waals surface area contributed by atoms with Gasteiger partial charge in [-0.1, -0.05) is 44.9 Å². The van der Waals surface area contributed by atoms with Gasteiger partial charge in [0.2, 0.25) is 0 Å². The number of hydrogen-bond donors (Lipinski definition) is 3. The number of hydrogen-bond acceptors (Lipinski definition) is 5. The molecule has 1 aliphatic rings. The van der Waals surface area contributed by atoms with E-state index in [9.17, 15) is 14.7 Å². The Hall–Kier alpha value is -1.88. The molecule has 0 fully saturated rings. The number of thiol groups is 1. The number of aliphatic carboxylic acids is 1. The van der Waals surface area contributed by atoms with E-state index < -0.39 is 5.97 Å². The summed E-state index contributed by atoms with van der Waals surface area (Å²) in [6.07, 6.45) is 10.8. The summed E-state index contributed by atoms with van der Waals surface area (Å²) in [5.41, 5.74) is 3.68. The fraction of sp³-hybridized carbons (Fsp3) is 0.478. The molecule has 0 saturated heterocycles. The van der Waals surface area contributed by atoms with Gasteiger partial charge in [0.1, 0.15) is 0 Å². The molecule has 30 heavy (non-hydrogen) atoms. The number of carboxylic acid groups (broad SMARTS) is 1. The minimum atomic E-state index is -0.796. The number of amides is 1. The van der Waals surface area contributed by atoms with E-state index in [1.54, 1.807) is 16.1 Å². The second-order valence-electron chi connectivity index (χ2n) is 8.16. The van der Waals surface area contributed by atoms with Gasteiger partial charge in [0, 0.05) is 12.1 Å². The Balaban J connectivity index is 0.00000218. The minimum Gasteiger partial charge on any atom is -0.481 e. The summed E-state index contributed by atoms with van der Waals surface area (Å²) in [6.45, 7) is 6.86. The average molecular weight is 449 g/mol. The lowest BCUT2D eigenvalue weighted by Crippen LogP contribution is -2.26. The predicted octanol–water partition coefficient (Wildman–Crippen LogP) is 4.88. The van der Waals surface area contributed by atoms with Crippen molar-refractivity contribution < 1.29 is 14.7 Å². The van der Waals surface area contributed by atoms with Crippen molar-refractivity contribution in [3.63, 3.8) is 0 Å². The van der Waals surface area contributed by atoms with Crippen molar-refractivity contribution >= 4 is 36.5 Å². The van der Waals surface area contributed by atoms with Crippen LogP contribution in [0.2, 0.25) is 0 Å². The molecule has 0 aromatic heterocycles. The summed E-state index contributed by atoms with van der Waals surface area (Å²) in [5, 5.41) is 12.2. The Morgan fingerprint density at radius 3 is 2.60 bits per heavy atom. The third-order valence-electron chi connectivity index (χ3n) is 4.94. The van der Waals surface area contributed by atoms with Gasteiger partial charge in [-0.3, -0.25) is 13.9 Å². The Labute approximate surface area is 190 Å². The third kappa shape index (κ3) is 8.10. The van der Waals surface area contributed by atoms with E-state index in [-0.39, 0.29) is 17.7 Å². The fourth-order valence-electron chi connectivity index (χ4n) is 3.62. The van der Waals surface area contributed by atoms with E-state index in [0.717, 1.165) is 40.9 Å². The number of aryl methyl sites for hydroxylation is 1. The summed E-state index contributed by atoms with van der Waals surface area (Å²) in [6, 6.07) is 5.82. The summed E-state index contributed by atoms with van der Waals surface area (Å²) in [7, 11) is 1.85. The lowest BCUT2D eigenvalue weighted by atomic mass is 9.76. The van der Waals surface area contributed by atoms with Crippen LogP contribution in [0, 0.1) is 25.2 Å². The highest BCUT2D eigenvalue weighted by atomic mass is 32.2. The van der Waals surface area contributed by atoms with Gasteiger partial charge >= 0.3 is 5.97 Å². The van der Waals surface area contributed by atoms with E-state index in [4.69, 9.17) is 0 Å². The molecule has 0 saturated carbocycles. The van der Waals surface area contributed by atoms with E-state index in [0.29, 0.717) is 18.0 Å². The number of benzene rings is 1. The molecule has 0 radical (unpaired) electrons. The first-order chi connectivity index (χ1) is 14.1. The maximum atomic E-state index is 12.8. The summed E-state index contributed by atoms with van der Waals surface area (Å²) < 4.78 is 1.74. The first-order valence-corrected chi connectivity index (χ1v) is 11.1. The van der Waals surface area contributed by atoms with Crippen molar-refractivity contribution in [2.24, 2.45) is 5.41 Å². The van der Waals surface area contributed by atoms with Gasteiger partial charge in [0.05, 0.1) is 12.3 Å². The first-order valence-electron chi connectivity index (χ1n) is 9.74. The Morgan fingerprint density at radius 2 is 2.00 bits per heavy atom. The normalized spacial score (nSPS) is 15.3. The van der Waals surface area contributed by atoms with Crippen LogP contribution in [0.15, 0.2) is 28.7 Å². The summed E-state index contributed by atoms with van der Waals surface area (Å²) >= 11 is 5.85. The molecule has 1 aromatic rings. The molecule has 7 heteroatoms. The van der Waals surface area contributed by atoms with Crippen molar-refractivity contribution in [3.05, 3.63) is 45.4 Å². The van der Waals surface area contributed by atoms with Crippen LogP contribution in [-0.2, 0) is 11.3 Å². The molecule has 0 aliphatic heterocycles. The maximum absolute atomic E-state index is 12.8. The van der Waals surface area contributed by atoms with E-state index >= 15 is 0 Å². The van der Waals surface area contributed by atoms with Gasteiger partial charge < -0.3 is 10.4 Å². The molecule has 0 atom stereocenters. The number of carbonyl (C=O) groups excluding carboxylic acids is 1. The summed E-state index contributed by atoms with van der Waals surface area (Å²) in [4.78, 5) is 25.1. The number of nitrogens with one attached hydrogen (secondary N) is 1. The molecule has 0 spiro atoms. The van der Waals surface area contributed by atoms with E-state index in [2.05, 4.69) is 44.8 Å². The van der Waals surface area contributed by atoms with E-state index in [1.165, 1.54) is 0 Å². The largest absolute Gasteiger partial charge is 0.481 e. The number of nitrogens with zero attached hydrogens (tertiary/aromatic N) is 1. The van der Waals surface area contributed by atoms with E-state index in [1.807, 2.05) is 32.2 Å². The summed E-state index contributed by atoms with van der Waals surface area (Å²) in [5.74, 6) is -0.468. The predicted molar refractivity (Wildman–Crippen MR) is 128 cm³/mol. The van der Waals surface area contributed by atoms with Crippen LogP contribution in [0.25, 0.3) is 0 Å². The van der Waals surface area contributed by atoms with Gasteiger partial charge in [0.15, 0.2) is 0 Å². The molecular weight excluding hydrogens is 416 g/mol. The van der Waals surface area contributed by atoms with Crippen LogP contribution in [0.5, 0.6) is 0 Å². The second kappa shape index (κ2) is 12.1. The Morgan fingerprint density at radius 1 is 1.33 bits per heavy atom. The number of carbonyl (C=O) groups is 2. The van der Waals surface area contributed by atoms with Crippen LogP contribution in [0.3, 0.4) is 0 Å². The maximum Gasteiger partial charge on any atom is 0.307 e. The standard InChI is InChI=1S/C21H30N2O3S2.C2H2/c1-14-6-5-7-15(12-23(4)27)19(14)20(26)22-13-28-17-8-9-21(2,3)11-16(17)10-18(24)25;1-2/h5-7,27H,8-13H2,1-4H3,(H,22,26)(H,24,25);1-2H. The fourth-order valence-corrected chi connectivity index (χ4v) is 4.74. The van der Waals surface area contributed by atoms with Crippen LogP contribution in [-0.4, -0.2) is 34.2 Å². The zero-order valence-corrected chi connectivity index (χ0v) is 19.9. The molecule has 2 N–H and O–H groups in total. The van der Waals surface area contributed by atoms with Crippen LogP contribution in [0.1, 0.15) is 61.0 Å². The van der Waals surface area contributed by atoms with Crippen molar-refractivity contribution in [3.8, 4) is 12.8 Å². The smallest absolute Gasteiger partial charge is 0.307 e. The topological polar surface area (TPSA) is 69.6 Å². The molecule has 0 bridgehead atoms. The molecule has 0 unspecified atom stereocenters. The lowest BCUT2D eigenvalue weighted by molar-refractivity contribution is -0.136. The highest BCUT2D eigenvalue weighted by Gasteiger charge is 2.28. The number of allylic oxidation sites excluding steroid dienone is 1. The molecule has 164 valence electrons. The molecule has 2 rings (SSSR count). The second-order valence-corrected chi connectivity index (χ2v) is 9.91.